The van der Waals surface area contributed by atoms with E-state index in [1.165, 1.54) is 0 Å². The van der Waals surface area contributed by atoms with Crippen molar-refractivity contribution in [2.75, 3.05) is 23.3 Å². The first-order valence-corrected chi connectivity index (χ1v) is 13.1. The highest BCUT2D eigenvalue weighted by Crippen LogP contribution is 2.40. The van der Waals surface area contributed by atoms with Crippen LogP contribution in [-0.4, -0.2) is 40.3 Å². The molecule has 3 aromatic rings. The van der Waals surface area contributed by atoms with Crippen molar-refractivity contribution in [3.05, 3.63) is 44.9 Å². The molecule has 1 saturated heterocycles. The standard InChI is InChI=1S/C25H28Cl3F3N6O/c1-24(2,32)22(38)33-11-13-6-7-15(26)21(20(13)28)35-23-34-17-9-16(27)18(10-19(17)36(23)3)37-8-4-5-14(12-37)25(29,30)31/h6-7,9-10,14H,4-5,8,11-12,32H2,1-3H3,(H,33,38)(H,34,35). The number of hydrogen-bond donors (Lipinski definition) is 3. The lowest BCUT2D eigenvalue weighted by atomic mass is 9.97. The van der Waals surface area contributed by atoms with E-state index in [1.54, 1.807) is 54.6 Å². The molecule has 1 unspecified atom stereocenters. The monoisotopic (exact) mass is 590 g/mol. The second kappa shape index (κ2) is 10.6. The number of imidazole rings is 1. The maximum Gasteiger partial charge on any atom is 0.393 e. The number of amides is 1. The summed E-state index contributed by atoms with van der Waals surface area (Å²) in [5.41, 5.74) is 7.54. The van der Waals surface area contributed by atoms with Crippen LogP contribution in [0.15, 0.2) is 24.3 Å². The van der Waals surface area contributed by atoms with Crippen molar-refractivity contribution in [1.82, 2.24) is 14.9 Å². The molecule has 0 saturated carbocycles. The van der Waals surface area contributed by atoms with Crippen molar-refractivity contribution in [2.24, 2.45) is 18.7 Å². The third-order valence-electron chi connectivity index (χ3n) is 6.61. The van der Waals surface area contributed by atoms with Gasteiger partial charge in [0.25, 0.3) is 0 Å². The fourth-order valence-electron chi connectivity index (χ4n) is 4.38. The van der Waals surface area contributed by atoms with E-state index in [9.17, 15) is 18.0 Å². The minimum absolute atomic E-state index is 0.105. The molecule has 13 heteroatoms. The lowest BCUT2D eigenvalue weighted by Crippen LogP contribution is -2.48. The highest BCUT2D eigenvalue weighted by atomic mass is 35.5. The first-order chi connectivity index (χ1) is 17.7. The zero-order chi connectivity index (χ0) is 28.0. The van der Waals surface area contributed by atoms with Crippen LogP contribution in [0.1, 0.15) is 32.3 Å². The molecule has 4 rings (SSSR count). The largest absolute Gasteiger partial charge is 0.393 e. The van der Waals surface area contributed by atoms with Gasteiger partial charge in [-0.3, -0.25) is 4.79 Å². The van der Waals surface area contributed by atoms with Crippen molar-refractivity contribution in [3.8, 4) is 0 Å². The van der Waals surface area contributed by atoms with E-state index in [4.69, 9.17) is 40.5 Å². The summed E-state index contributed by atoms with van der Waals surface area (Å²) in [5.74, 6) is -1.34. The number of carbonyl (C=O) groups excluding carboxylic acids is 1. The lowest BCUT2D eigenvalue weighted by molar-refractivity contribution is -0.176. The maximum absolute atomic E-state index is 13.4. The normalized spacial score (nSPS) is 16.7. The number of fused-ring (bicyclic) bond motifs is 1. The number of nitrogens with two attached hydrogens (primary N) is 1. The number of carbonyl (C=O) groups is 1. The summed E-state index contributed by atoms with van der Waals surface area (Å²) in [5, 5.41) is 6.85. The van der Waals surface area contributed by atoms with Crippen LogP contribution in [0.3, 0.4) is 0 Å². The number of hydrogen-bond acceptors (Lipinski definition) is 5. The topological polar surface area (TPSA) is 88.2 Å². The van der Waals surface area contributed by atoms with Crippen LogP contribution in [0, 0.1) is 5.92 Å². The molecule has 206 valence electrons. The maximum atomic E-state index is 13.4. The van der Waals surface area contributed by atoms with Gasteiger partial charge in [-0.25, -0.2) is 4.98 Å². The van der Waals surface area contributed by atoms with E-state index in [0.717, 1.165) is 0 Å². The summed E-state index contributed by atoms with van der Waals surface area (Å²) in [6, 6.07) is 6.74. The first-order valence-electron chi connectivity index (χ1n) is 12.0. The van der Waals surface area contributed by atoms with Gasteiger partial charge in [0.2, 0.25) is 11.9 Å². The van der Waals surface area contributed by atoms with Crippen molar-refractivity contribution in [1.29, 1.82) is 0 Å². The molecule has 0 spiro atoms. The van der Waals surface area contributed by atoms with E-state index in [2.05, 4.69) is 15.6 Å². The van der Waals surface area contributed by atoms with Gasteiger partial charge in [-0.15, -0.1) is 0 Å². The van der Waals surface area contributed by atoms with E-state index >= 15 is 0 Å². The highest BCUT2D eigenvalue weighted by Gasteiger charge is 2.42. The highest BCUT2D eigenvalue weighted by molar-refractivity contribution is 6.39. The summed E-state index contributed by atoms with van der Waals surface area (Å²) in [6.45, 7) is 3.68. The number of aryl methyl sites for hydroxylation is 1. The van der Waals surface area contributed by atoms with Crippen LogP contribution in [0.4, 0.5) is 30.5 Å². The number of anilines is 3. The van der Waals surface area contributed by atoms with E-state index in [1.807, 2.05) is 0 Å². The Hall–Kier alpha value is -2.40. The molecule has 1 fully saturated rings. The number of aromatic nitrogens is 2. The average molecular weight is 592 g/mol. The molecule has 0 aliphatic carbocycles. The van der Waals surface area contributed by atoms with Gasteiger partial charge in [0.1, 0.15) is 0 Å². The molecule has 4 N–H and O–H groups in total. The van der Waals surface area contributed by atoms with E-state index in [0.29, 0.717) is 62.0 Å². The van der Waals surface area contributed by atoms with Crippen LogP contribution < -0.4 is 21.3 Å². The van der Waals surface area contributed by atoms with Gasteiger partial charge in [-0.2, -0.15) is 13.2 Å². The van der Waals surface area contributed by atoms with Crippen LogP contribution in [0.5, 0.6) is 0 Å². The smallest absolute Gasteiger partial charge is 0.370 e. The quantitative estimate of drug-likeness (QED) is 0.308. The van der Waals surface area contributed by atoms with Crippen LogP contribution >= 0.6 is 34.8 Å². The van der Waals surface area contributed by atoms with Gasteiger partial charge < -0.3 is 25.8 Å². The molecular formula is C25H28Cl3F3N6O. The second-order valence-electron chi connectivity index (χ2n) is 10.0. The molecule has 7 nitrogen and oxygen atoms in total. The summed E-state index contributed by atoms with van der Waals surface area (Å²) >= 11 is 19.6. The minimum atomic E-state index is -4.25. The zero-order valence-corrected chi connectivity index (χ0v) is 23.3. The van der Waals surface area contributed by atoms with Gasteiger partial charge in [-0.1, -0.05) is 40.9 Å². The third-order valence-corrected chi connectivity index (χ3v) is 7.66. The fraction of sp³-hybridized carbons (Fsp3) is 0.440. The lowest BCUT2D eigenvalue weighted by Gasteiger charge is -2.35. The van der Waals surface area contributed by atoms with Gasteiger partial charge in [0.05, 0.1) is 48.9 Å². The Labute approximate surface area is 233 Å². The van der Waals surface area contributed by atoms with Gasteiger partial charge >= 0.3 is 6.18 Å². The van der Waals surface area contributed by atoms with Gasteiger partial charge in [0, 0.05) is 26.7 Å². The molecule has 1 atom stereocenters. The number of alkyl halides is 3. The number of rotatable bonds is 6. The number of piperidine rings is 1. The molecule has 2 heterocycles. The van der Waals surface area contributed by atoms with Crippen molar-refractivity contribution in [3.63, 3.8) is 0 Å². The number of benzene rings is 2. The third kappa shape index (κ3) is 5.93. The zero-order valence-electron chi connectivity index (χ0n) is 21.0. The minimum Gasteiger partial charge on any atom is -0.370 e. The van der Waals surface area contributed by atoms with E-state index in [-0.39, 0.29) is 25.4 Å². The molecule has 0 bridgehead atoms. The molecule has 38 heavy (non-hydrogen) atoms. The Morgan fingerprint density at radius 3 is 2.55 bits per heavy atom. The van der Waals surface area contributed by atoms with Crippen LogP contribution in [0.2, 0.25) is 15.1 Å². The second-order valence-corrected chi connectivity index (χ2v) is 11.2. The molecular weight excluding hydrogens is 564 g/mol. The van der Waals surface area contributed by atoms with Gasteiger partial charge in [-0.05, 0) is 50.5 Å². The molecule has 1 aliphatic heterocycles. The summed E-state index contributed by atoms with van der Waals surface area (Å²) in [4.78, 5) is 18.4. The summed E-state index contributed by atoms with van der Waals surface area (Å²) < 4.78 is 41.8. The Kier molecular flexibility index (Phi) is 8.01. The molecule has 2 aromatic carbocycles. The van der Waals surface area contributed by atoms with Crippen molar-refractivity contribution < 1.29 is 18.0 Å². The predicted octanol–water partition coefficient (Wildman–Crippen LogP) is 6.41. The molecule has 1 aromatic heterocycles. The average Bonchev–Trinajstić information content (AvgIpc) is 3.13. The number of halogens is 6. The van der Waals surface area contributed by atoms with Crippen molar-refractivity contribution >= 4 is 69.1 Å². The fourth-order valence-corrected chi connectivity index (χ4v) is 5.19. The van der Waals surface area contributed by atoms with Gasteiger partial charge in [0.15, 0.2) is 0 Å². The number of nitrogens with zero attached hydrogens (tertiary/aromatic N) is 3. The Bertz CT molecular complexity index is 1370. The Balaban J connectivity index is 1.62. The van der Waals surface area contributed by atoms with Crippen LogP contribution in [0.25, 0.3) is 11.0 Å². The SMILES string of the molecule is Cn1c(Nc2c(Cl)ccc(CNC(=O)C(C)(C)N)c2Cl)nc2cc(Cl)c(N3CCCC(C(F)(F)F)C3)cc21. The van der Waals surface area contributed by atoms with Crippen LogP contribution in [-0.2, 0) is 18.4 Å². The van der Waals surface area contributed by atoms with E-state index < -0.39 is 17.6 Å². The predicted molar refractivity (Wildman–Crippen MR) is 147 cm³/mol. The Morgan fingerprint density at radius 1 is 1.18 bits per heavy atom. The molecule has 1 aliphatic rings. The molecule has 0 radical (unpaired) electrons. The first kappa shape index (κ1) is 28.6. The Morgan fingerprint density at radius 2 is 1.89 bits per heavy atom. The number of nitrogens with one attached hydrogen (secondary N) is 2. The summed E-state index contributed by atoms with van der Waals surface area (Å²) in [6.07, 6.45) is -3.73. The summed E-state index contributed by atoms with van der Waals surface area (Å²) in [7, 11) is 1.76. The molecule has 1 amide bonds. The van der Waals surface area contributed by atoms with Crippen molar-refractivity contribution in [2.45, 2.75) is 44.9 Å².